The maximum Gasteiger partial charge on any atom is 0.227 e. The summed E-state index contributed by atoms with van der Waals surface area (Å²) in [5, 5.41) is 4.58. The number of anilines is 2. The van der Waals surface area contributed by atoms with E-state index in [0.29, 0.717) is 23.3 Å². The first-order valence-electron chi connectivity index (χ1n) is 11.6. The molecule has 2 fully saturated rings. The van der Waals surface area contributed by atoms with E-state index < -0.39 is 0 Å². The van der Waals surface area contributed by atoms with Crippen LogP contribution in [0.2, 0.25) is 0 Å². The van der Waals surface area contributed by atoms with Crippen LogP contribution >= 0.6 is 0 Å². The second kappa shape index (κ2) is 9.38. The number of ether oxygens (including phenoxy) is 2. The minimum absolute atomic E-state index is 0.142. The zero-order valence-corrected chi connectivity index (χ0v) is 19.9. The average Bonchev–Trinajstić information content (AvgIpc) is 2.77. The predicted octanol–water partition coefficient (Wildman–Crippen LogP) is 3.55. The second-order valence-electron chi connectivity index (χ2n) is 9.37. The Labute approximate surface area is 190 Å². The third kappa shape index (κ3) is 4.69. The molecule has 2 aromatic rings. The molecular weight excluding hydrogens is 406 g/mol. The maximum absolute atomic E-state index is 11.7. The Morgan fingerprint density at radius 1 is 1.03 bits per heavy atom. The fourth-order valence-electron chi connectivity index (χ4n) is 5.05. The van der Waals surface area contributed by atoms with Crippen molar-refractivity contribution in [1.29, 1.82) is 0 Å². The van der Waals surface area contributed by atoms with Crippen LogP contribution in [0, 0.1) is 11.8 Å². The first kappa shape index (κ1) is 22.4. The molecule has 4 rings (SSSR count). The number of carbonyl (C=O) groups is 1. The quantitative estimate of drug-likeness (QED) is 0.760. The van der Waals surface area contributed by atoms with E-state index in [4.69, 9.17) is 19.4 Å². The number of aromatic nitrogens is 2. The Kier molecular flexibility index (Phi) is 6.58. The molecule has 2 atom stereocenters. The first-order valence-corrected chi connectivity index (χ1v) is 11.6. The van der Waals surface area contributed by atoms with Gasteiger partial charge in [-0.2, -0.15) is 4.98 Å². The van der Waals surface area contributed by atoms with Gasteiger partial charge in [0.05, 0.1) is 19.7 Å². The van der Waals surface area contributed by atoms with E-state index in [1.54, 1.807) is 21.1 Å². The number of piperidine rings is 2. The number of hydrogen-bond donors (Lipinski definition) is 1. The number of hydrogen-bond acceptors (Lipinski definition) is 7. The minimum Gasteiger partial charge on any atom is -0.493 e. The van der Waals surface area contributed by atoms with Crippen LogP contribution in [0.5, 0.6) is 11.5 Å². The van der Waals surface area contributed by atoms with Crippen LogP contribution in [0.15, 0.2) is 12.1 Å². The summed E-state index contributed by atoms with van der Waals surface area (Å²) in [5.74, 6) is 4.25. The molecule has 1 N–H and O–H groups in total. The molecule has 8 heteroatoms. The van der Waals surface area contributed by atoms with Gasteiger partial charge >= 0.3 is 0 Å². The van der Waals surface area contributed by atoms with E-state index >= 15 is 0 Å². The first-order chi connectivity index (χ1) is 15.4. The van der Waals surface area contributed by atoms with Crippen molar-refractivity contribution in [2.24, 2.45) is 11.8 Å². The zero-order valence-electron chi connectivity index (χ0n) is 19.9. The Hall–Kier alpha value is -2.77. The van der Waals surface area contributed by atoms with Gasteiger partial charge in [-0.05, 0) is 37.2 Å². The topological polar surface area (TPSA) is 79.8 Å². The summed E-state index contributed by atoms with van der Waals surface area (Å²) in [6.45, 7) is 9.67. The van der Waals surface area contributed by atoms with E-state index in [9.17, 15) is 4.79 Å². The molecule has 174 valence electrons. The molecule has 8 nitrogen and oxygen atoms in total. The lowest BCUT2D eigenvalue weighted by molar-refractivity contribution is -0.129. The van der Waals surface area contributed by atoms with Gasteiger partial charge in [0.2, 0.25) is 11.9 Å². The van der Waals surface area contributed by atoms with Crippen molar-refractivity contribution < 1.29 is 14.3 Å². The predicted molar refractivity (Wildman–Crippen MR) is 127 cm³/mol. The largest absolute Gasteiger partial charge is 0.493 e. The van der Waals surface area contributed by atoms with Gasteiger partial charge in [-0.15, -0.1) is 0 Å². The molecule has 2 aliphatic rings. The zero-order chi connectivity index (χ0) is 22.8. The summed E-state index contributed by atoms with van der Waals surface area (Å²) in [7, 11) is 3.28. The van der Waals surface area contributed by atoms with Crippen molar-refractivity contribution >= 4 is 28.6 Å². The third-order valence-corrected chi connectivity index (χ3v) is 6.62. The summed E-state index contributed by atoms with van der Waals surface area (Å²) in [5.41, 5.74) is 0.835. The number of nitrogens with one attached hydrogen (secondary N) is 1. The van der Waals surface area contributed by atoms with Crippen molar-refractivity contribution in [1.82, 2.24) is 14.9 Å². The van der Waals surface area contributed by atoms with Crippen LogP contribution in [0.3, 0.4) is 0 Å². The third-order valence-electron chi connectivity index (χ3n) is 6.62. The van der Waals surface area contributed by atoms with Crippen molar-refractivity contribution in [3.63, 3.8) is 0 Å². The fourth-order valence-corrected chi connectivity index (χ4v) is 5.05. The van der Waals surface area contributed by atoms with Crippen molar-refractivity contribution in [3.05, 3.63) is 12.1 Å². The van der Waals surface area contributed by atoms with Gasteiger partial charge in [0, 0.05) is 50.6 Å². The van der Waals surface area contributed by atoms with Gasteiger partial charge < -0.3 is 24.6 Å². The van der Waals surface area contributed by atoms with E-state index in [1.165, 1.54) is 6.42 Å². The minimum atomic E-state index is 0.142. The van der Waals surface area contributed by atoms with Crippen LogP contribution < -0.4 is 19.7 Å². The van der Waals surface area contributed by atoms with Crippen LogP contribution in [-0.4, -0.2) is 67.2 Å². The lowest BCUT2D eigenvalue weighted by atomic mass is 9.92. The molecule has 1 amide bonds. The maximum atomic E-state index is 11.7. The molecule has 0 bridgehead atoms. The Balaban J connectivity index is 1.70. The lowest BCUT2D eigenvalue weighted by Gasteiger charge is -2.35. The molecule has 0 saturated carbocycles. The Morgan fingerprint density at radius 3 is 2.25 bits per heavy atom. The molecule has 1 aromatic heterocycles. The van der Waals surface area contributed by atoms with Crippen molar-refractivity contribution in [3.8, 4) is 11.5 Å². The van der Waals surface area contributed by atoms with Crippen molar-refractivity contribution in [2.45, 2.75) is 46.1 Å². The smallest absolute Gasteiger partial charge is 0.227 e. The average molecular weight is 442 g/mol. The van der Waals surface area contributed by atoms with Gasteiger partial charge in [-0.1, -0.05) is 13.8 Å². The highest BCUT2D eigenvalue weighted by atomic mass is 16.5. The summed E-state index contributed by atoms with van der Waals surface area (Å²) < 4.78 is 11.1. The molecule has 32 heavy (non-hydrogen) atoms. The normalized spacial score (nSPS) is 22.2. The van der Waals surface area contributed by atoms with Gasteiger partial charge in [0.15, 0.2) is 11.5 Å². The van der Waals surface area contributed by atoms with E-state index in [-0.39, 0.29) is 11.9 Å². The molecule has 3 heterocycles. The van der Waals surface area contributed by atoms with Crippen LogP contribution in [0.1, 0.15) is 40.0 Å². The van der Waals surface area contributed by atoms with Crippen LogP contribution in [-0.2, 0) is 4.79 Å². The van der Waals surface area contributed by atoms with Gasteiger partial charge in [-0.25, -0.2) is 4.98 Å². The highest BCUT2D eigenvalue weighted by molar-refractivity contribution is 5.93. The summed E-state index contributed by atoms with van der Waals surface area (Å²) in [6, 6.07) is 4.13. The molecule has 2 aliphatic heterocycles. The molecule has 0 spiro atoms. The number of carbonyl (C=O) groups excluding carboxylic acids is 1. The van der Waals surface area contributed by atoms with Crippen LogP contribution in [0.4, 0.5) is 11.8 Å². The Morgan fingerprint density at radius 2 is 1.66 bits per heavy atom. The molecule has 2 unspecified atom stereocenters. The molecule has 0 aliphatic carbocycles. The highest BCUT2D eigenvalue weighted by Crippen LogP contribution is 2.36. The van der Waals surface area contributed by atoms with E-state index in [0.717, 1.165) is 61.7 Å². The number of amides is 1. The Bertz CT molecular complexity index is 964. The summed E-state index contributed by atoms with van der Waals surface area (Å²) >= 11 is 0. The standard InChI is InChI=1S/C24H35N5O3/c1-15-10-16(2)14-29(13-15)24-26-20-12-22(32-5)21(31-4)11-19(20)23(27-24)25-18-6-8-28(9-7-18)17(3)30/h11-12,15-16,18H,6-10,13-14H2,1-5H3,(H,25,26,27). The molecule has 1 aromatic carbocycles. The molecule has 2 saturated heterocycles. The van der Waals surface area contributed by atoms with Crippen molar-refractivity contribution in [2.75, 3.05) is 50.6 Å². The number of fused-ring (bicyclic) bond motifs is 1. The van der Waals surface area contributed by atoms with Gasteiger partial charge in [0.1, 0.15) is 5.82 Å². The lowest BCUT2D eigenvalue weighted by Crippen LogP contribution is -2.42. The number of benzene rings is 1. The fraction of sp³-hybridized carbons (Fsp3) is 0.625. The number of nitrogens with zero attached hydrogens (tertiary/aromatic N) is 4. The molecule has 0 radical (unpaired) electrons. The van der Waals surface area contributed by atoms with E-state index in [2.05, 4.69) is 24.1 Å². The summed E-state index contributed by atoms with van der Waals surface area (Å²) in [6.07, 6.45) is 3.02. The van der Waals surface area contributed by atoms with Gasteiger partial charge in [-0.3, -0.25) is 4.79 Å². The number of likely N-dealkylation sites (tertiary alicyclic amines) is 1. The van der Waals surface area contributed by atoms with Crippen LogP contribution in [0.25, 0.3) is 10.9 Å². The highest BCUT2D eigenvalue weighted by Gasteiger charge is 2.26. The van der Waals surface area contributed by atoms with E-state index in [1.807, 2.05) is 17.0 Å². The monoisotopic (exact) mass is 441 g/mol. The summed E-state index contributed by atoms with van der Waals surface area (Å²) in [4.78, 5) is 25.8. The molecular formula is C24H35N5O3. The number of methoxy groups -OCH3 is 2. The SMILES string of the molecule is COc1cc2nc(N3CC(C)CC(C)C3)nc(NC3CCN(C(C)=O)CC3)c2cc1OC. The van der Waals surface area contributed by atoms with Gasteiger partial charge in [0.25, 0.3) is 0 Å². The second-order valence-corrected chi connectivity index (χ2v) is 9.37. The number of rotatable bonds is 5.